The second-order valence-electron chi connectivity index (χ2n) is 5.32. The van der Waals surface area contributed by atoms with Gasteiger partial charge in [-0.2, -0.15) is 4.98 Å². The van der Waals surface area contributed by atoms with E-state index in [0.29, 0.717) is 5.89 Å². The molecule has 2 atom stereocenters. The second-order valence-corrected chi connectivity index (χ2v) is 5.32. The average Bonchev–Trinajstić information content (AvgIpc) is 3.12. The summed E-state index contributed by atoms with van der Waals surface area (Å²) in [5.41, 5.74) is 0. The minimum atomic E-state index is -0.742. The van der Waals surface area contributed by atoms with Gasteiger partial charge in [-0.3, -0.25) is 4.79 Å². The van der Waals surface area contributed by atoms with E-state index >= 15 is 0 Å². The lowest BCUT2D eigenvalue weighted by Gasteiger charge is -2.18. The van der Waals surface area contributed by atoms with Crippen LogP contribution in [0.2, 0.25) is 0 Å². The molecule has 1 fully saturated rings. The van der Waals surface area contributed by atoms with Crippen LogP contribution in [0.3, 0.4) is 0 Å². The van der Waals surface area contributed by atoms with Crippen molar-refractivity contribution in [1.29, 1.82) is 0 Å². The standard InChI is InChI=1S/C13H20N4O4/c1-7(2)9(13(19)20-3)15-11(18)10-16-12(21-17-10)8-5-4-6-14-8/h7-9,14H,4-6H2,1-3H3,(H,15,18)/t8?,9-/m0/s1. The Labute approximate surface area is 122 Å². The number of esters is 1. The van der Waals surface area contributed by atoms with Gasteiger partial charge in [0.05, 0.1) is 13.2 Å². The topological polar surface area (TPSA) is 106 Å². The summed E-state index contributed by atoms with van der Waals surface area (Å²) in [6.45, 7) is 4.52. The third kappa shape index (κ3) is 3.57. The minimum Gasteiger partial charge on any atom is -0.467 e. The predicted octanol–water partition coefficient (Wildman–Crippen LogP) is 0.421. The maximum Gasteiger partial charge on any atom is 0.328 e. The summed E-state index contributed by atoms with van der Waals surface area (Å²) < 4.78 is 9.77. The van der Waals surface area contributed by atoms with E-state index in [0.717, 1.165) is 19.4 Å². The maximum atomic E-state index is 12.1. The van der Waals surface area contributed by atoms with Crippen molar-refractivity contribution in [1.82, 2.24) is 20.8 Å². The van der Waals surface area contributed by atoms with Crippen LogP contribution in [0.4, 0.5) is 0 Å². The molecular formula is C13H20N4O4. The summed E-state index contributed by atoms with van der Waals surface area (Å²) in [4.78, 5) is 27.8. The second kappa shape index (κ2) is 6.66. The molecule has 2 rings (SSSR count). The highest BCUT2D eigenvalue weighted by atomic mass is 16.5. The lowest BCUT2D eigenvalue weighted by atomic mass is 10.0. The van der Waals surface area contributed by atoms with Crippen LogP contribution in [-0.4, -0.2) is 41.7 Å². The molecule has 8 heteroatoms. The predicted molar refractivity (Wildman–Crippen MR) is 72.4 cm³/mol. The zero-order valence-corrected chi connectivity index (χ0v) is 12.4. The van der Waals surface area contributed by atoms with Gasteiger partial charge in [-0.05, 0) is 25.3 Å². The Morgan fingerprint density at radius 1 is 1.48 bits per heavy atom. The van der Waals surface area contributed by atoms with E-state index in [1.54, 1.807) is 0 Å². The van der Waals surface area contributed by atoms with Gasteiger partial charge in [0.1, 0.15) is 6.04 Å². The number of aromatic nitrogens is 2. The van der Waals surface area contributed by atoms with Crippen LogP contribution >= 0.6 is 0 Å². The molecule has 2 heterocycles. The molecule has 2 N–H and O–H groups in total. The van der Waals surface area contributed by atoms with Gasteiger partial charge in [0.15, 0.2) is 0 Å². The van der Waals surface area contributed by atoms with Crippen LogP contribution < -0.4 is 10.6 Å². The molecule has 0 aromatic carbocycles. The van der Waals surface area contributed by atoms with Crippen molar-refractivity contribution in [2.75, 3.05) is 13.7 Å². The number of amides is 1. The number of nitrogens with one attached hydrogen (secondary N) is 2. The quantitative estimate of drug-likeness (QED) is 0.758. The molecule has 1 amide bonds. The van der Waals surface area contributed by atoms with E-state index in [2.05, 4.69) is 25.5 Å². The first kappa shape index (κ1) is 15.4. The largest absolute Gasteiger partial charge is 0.467 e. The fourth-order valence-corrected chi connectivity index (χ4v) is 2.19. The van der Waals surface area contributed by atoms with Crippen molar-refractivity contribution in [3.8, 4) is 0 Å². The van der Waals surface area contributed by atoms with E-state index in [9.17, 15) is 9.59 Å². The minimum absolute atomic E-state index is 0.000512. The number of hydrogen-bond donors (Lipinski definition) is 2. The Hall–Kier alpha value is -1.96. The summed E-state index contributed by atoms with van der Waals surface area (Å²) in [5, 5.41) is 9.45. The number of methoxy groups -OCH3 is 1. The number of carbonyl (C=O) groups excluding carboxylic acids is 2. The SMILES string of the molecule is COC(=O)[C@@H](NC(=O)c1noc(C2CCCN2)n1)C(C)C. The Morgan fingerprint density at radius 3 is 2.81 bits per heavy atom. The van der Waals surface area contributed by atoms with Gasteiger partial charge in [-0.15, -0.1) is 0 Å². The number of ether oxygens (including phenoxy) is 1. The van der Waals surface area contributed by atoms with E-state index in [1.807, 2.05) is 13.8 Å². The van der Waals surface area contributed by atoms with Crippen molar-refractivity contribution < 1.29 is 18.8 Å². The maximum absolute atomic E-state index is 12.1. The van der Waals surface area contributed by atoms with E-state index in [1.165, 1.54) is 7.11 Å². The molecule has 1 aromatic rings. The van der Waals surface area contributed by atoms with Crippen LogP contribution in [0.25, 0.3) is 0 Å². The first-order chi connectivity index (χ1) is 10.0. The zero-order chi connectivity index (χ0) is 15.4. The molecule has 116 valence electrons. The van der Waals surface area contributed by atoms with Crippen molar-refractivity contribution >= 4 is 11.9 Å². The molecule has 1 saturated heterocycles. The Balaban J connectivity index is 2.03. The normalized spacial score (nSPS) is 19.5. The molecule has 0 spiro atoms. The lowest BCUT2D eigenvalue weighted by Crippen LogP contribution is -2.45. The first-order valence-electron chi connectivity index (χ1n) is 6.98. The molecule has 0 aliphatic carbocycles. The Bertz CT molecular complexity index is 508. The van der Waals surface area contributed by atoms with Crippen LogP contribution in [0.15, 0.2) is 4.52 Å². The number of rotatable bonds is 5. The Kier molecular flexibility index (Phi) is 4.89. The molecule has 0 bridgehead atoms. The summed E-state index contributed by atoms with van der Waals surface area (Å²) in [6, 6.07) is -0.741. The molecule has 1 unspecified atom stereocenters. The molecule has 21 heavy (non-hydrogen) atoms. The van der Waals surface area contributed by atoms with Crippen LogP contribution in [0.1, 0.15) is 49.2 Å². The highest BCUT2D eigenvalue weighted by molar-refractivity contribution is 5.93. The zero-order valence-electron chi connectivity index (χ0n) is 12.4. The van der Waals surface area contributed by atoms with E-state index in [-0.39, 0.29) is 17.8 Å². The monoisotopic (exact) mass is 296 g/mol. The number of nitrogens with zero attached hydrogens (tertiary/aromatic N) is 2. The highest BCUT2D eigenvalue weighted by Gasteiger charge is 2.29. The van der Waals surface area contributed by atoms with Crippen molar-refractivity contribution in [3.05, 3.63) is 11.7 Å². The molecule has 1 aliphatic rings. The lowest BCUT2D eigenvalue weighted by molar-refractivity contribution is -0.144. The number of carbonyl (C=O) groups is 2. The first-order valence-corrected chi connectivity index (χ1v) is 6.98. The van der Waals surface area contributed by atoms with Crippen molar-refractivity contribution in [2.24, 2.45) is 5.92 Å². The summed E-state index contributed by atoms with van der Waals surface area (Å²) in [6.07, 6.45) is 1.94. The van der Waals surface area contributed by atoms with E-state index < -0.39 is 17.9 Å². The van der Waals surface area contributed by atoms with Crippen LogP contribution in [0, 0.1) is 5.92 Å². The third-order valence-electron chi connectivity index (χ3n) is 3.41. The van der Waals surface area contributed by atoms with Crippen molar-refractivity contribution in [3.63, 3.8) is 0 Å². The fourth-order valence-electron chi connectivity index (χ4n) is 2.19. The Morgan fingerprint density at radius 2 is 2.24 bits per heavy atom. The van der Waals surface area contributed by atoms with E-state index in [4.69, 9.17) is 4.52 Å². The van der Waals surface area contributed by atoms with Gasteiger partial charge < -0.3 is 19.9 Å². The molecule has 8 nitrogen and oxygen atoms in total. The molecule has 0 radical (unpaired) electrons. The van der Waals surface area contributed by atoms with Gasteiger partial charge in [-0.1, -0.05) is 19.0 Å². The molecule has 0 saturated carbocycles. The molecule has 1 aliphatic heterocycles. The fraction of sp³-hybridized carbons (Fsp3) is 0.692. The molecule has 1 aromatic heterocycles. The van der Waals surface area contributed by atoms with Gasteiger partial charge in [0.25, 0.3) is 11.7 Å². The number of hydrogen-bond acceptors (Lipinski definition) is 7. The molecular weight excluding hydrogens is 276 g/mol. The van der Waals surface area contributed by atoms with Gasteiger partial charge in [0, 0.05) is 0 Å². The van der Waals surface area contributed by atoms with Gasteiger partial charge in [-0.25, -0.2) is 4.79 Å². The van der Waals surface area contributed by atoms with Gasteiger partial charge in [0.2, 0.25) is 5.89 Å². The summed E-state index contributed by atoms with van der Waals surface area (Å²) in [5.74, 6) is -0.832. The summed E-state index contributed by atoms with van der Waals surface area (Å²) >= 11 is 0. The summed E-state index contributed by atoms with van der Waals surface area (Å²) in [7, 11) is 1.28. The highest BCUT2D eigenvalue weighted by Crippen LogP contribution is 2.21. The third-order valence-corrected chi connectivity index (χ3v) is 3.41. The smallest absolute Gasteiger partial charge is 0.328 e. The van der Waals surface area contributed by atoms with Gasteiger partial charge >= 0.3 is 5.97 Å². The average molecular weight is 296 g/mol. The van der Waals surface area contributed by atoms with Crippen LogP contribution in [0.5, 0.6) is 0 Å². The van der Waals surface area contributed by atoms with Crippen LogP contribution in [-0.2, 0) is 9.53 Å². The van der Waals surface area contributed by atoms with Crippen molar-refractivity contribution in [2.45, 2.75) is 38.8 Å².